The zero-order valence-electron chi connectivity index (χ0n) is 7.86. The van der Waals surface area contributed by atoms with Gasteiger partial charge in [0.05, 0.1) is 0 Å². The Kier molecular flexibility index (Phi) is 6.32. The van der Waals surface area contributed by atoms with Gasteiger partial charge in [-0.2, -0.15) is 0 Å². The summed E-state index contributed by atoms with van der Waals surface area (Å²) in [5.41, 5.74) is -0.647. The second-order valence-electron chi connectivity index (χ2n) is 1.92. The van der Waals surface area contributed by atoms with Crippen LogP contribution in [0.3, 0.4) is 0 Å². The van der Waals surface area contributed by atoms with Crippen LogP contribution in [-0.2, 0) is 0 Å². The summed E-state index contributed by atoms with van der Waals surface area (Å²) in [6.45, 7) is 4.00. The van der Waals surface area contributed by atoms with Crippen molar-refractivity contribution in [3.05, 3.63) is 29.2 Å². The minimum absolute atomic E-state index is 0.268. The topological polar surface area (TPSA) is 55.7 Å². The molecule has 0 amide bonds. The van der Waals surface area contributed by atoms with E-state index in [1.165, 1.54) is 24.3 Å². The number of hydrogen-bond donors (Lipinski definition) is 0. The smallest absolute Gasteiger partial charge is 0.409 e. The van der Waals surface area contributed by atoms with E-state index in [2.05, 4.69) is 9.91 Å². The van der Waals surface area contributed by atoms with Crippen LogP contribution in [0.15, 0.2) is 29.4 Å². The molecule has 0 N–H and O–H groups in total. The molecular formula is C9H10ClNO3. The summed E-state index contributed by atoms with van der Waals surface area (Å²) >= 11 is 4.94. The van der Waals surface area contributed by atoms with E-state index in [9.17, 15) is 9.70 Å². The summed E-state index contributed by atoms with van der Waals surface area (Å²) in [4.78, 5) is 20.2. The van der Waals surface area contributed by atoms with Crippen molar-refractivity contribution in [3.63, 3.8) is 0 Å². The Morgan fingerprint density at radius 1 is 1.29 bits per heavy atom. The first-order chi connectivity index (χ1) is 6.72. The number of carbonyl (C=O) groups is 1. The second-order valence-corrected chi connectivity index (χ2v) is 2.23. The van der Waals surface area contributed by atoms with Gasteiger partial charge in [-0.15, -0.1) is 4.91 Å². The van der Waals surface area contributed by atoms with Gasteiger partial charge in [-0.3, -0.25) is 0 Å². The molecule has 0 atom stereocenters. The molecule has 0 radical (unpaired) electrons. The molecule has 0 fully saturated rings. The lowest BCUT2D eigenvalue weighted by Gasteiger charge is -1.97. The lowest BCUT2D eigenvalue weighted by molar-refractivity contribution is 0.225. The van der Waals surface area contributed by atoms with E-state index >= 15 is 0 Å². The molecule has 0 aliphatic rings. The molecule has 14 heavy (non-hydrogen) atoms. The van der Waals surface area contributed by atoms with Crippen LogP contribution in [0.1, 0.15) is 13.8 Å². The Balaban J connectivity index is 0.000000791. The number of carbonyl (C=O) groups excluding carboxylic acids is 1. The molecule has 0 aliphatic heterocycles. The van der Waals surface area contributed by atoms with Gasteiger partial charge in [-0.05, 0) is 29.4 Å². The SMILES string of the molecule is CC.O=Nc1ccc(OC(=O)Cl)cc1. The monoisotopic (exact) mass is 215 g/mol. The van der Waals surface area contributed by atoms with E-state index in [0.29, 0.717) is 0 Å². The van der Waals surface area contributed by atoms with Crippen molar-refractivity contribution in [2.75, 3.05) is 0 Å². The standard InChI is InChI=1S/C7H4ClNO3.C2H6/c8-7(10)12-6-3-1-5(9-11)2-4-6;1-2/h1-4H;1-2H3. The van der Waals surface area contributed by atoms with E-state index in [0.717, 1.165) is 0 Å². The molecule has 0 unspecified atom stereocenters. The largest absolute Gasteiger partial charge is 0.415 e. The van der Waals surface area contributed by atoms with Gasteiger partial charge in [0.25, 0.3) is 0 Å². The van der Waals surface area contributed by atoms with Crippen molar-refractivity contribution in [3.8, 4) is 5.75 Å². The highest BCUT2D eigenvalue weighted by Crippen LogP contribution is 2.17. The Hall–Kier alpha value is -1.42. The predicted molar refractivity (Wildman–Crippen MR) is 55.1 cm³/mol. The molecule has 0 aromatic heterocycles. The Morgan fingerprint density at radius 3 is 2.14 bits per heavy atom. The molecule has 76 valence electrons. The third-order valence-electron chi connectivity index (χ3n) is 1.14. The molecule has 0 bridgehead atoms. The van der Waals surface area contributed by atoms with Crippen molar-refractivity contribution < 1.29 is 9.53 Å². The average Bonchev–Trinajstić information content (AvgIpc) is 2.21. The van der Waals surface area contributed by atoms with Gasteiger partial charge in [0.1, 0.15) is 11.4 Å². The van der Waals surface area contributed by atoms with Crippen LogP contribution >= 0.6 is 11.6 Å². The molecule has 1 aromatic carbocycles. The van der Waals surface area contributed by atoms with Gasteiger partial charge in [-0.1, -0.05) is 13.8 Å². The van der Waals surface area contributed by atoms with Crippen LogP contribution in [0.25, 0.3) is 0 Å². The third kappa shape index (κ3) is 4.57. The summed E-state index contributed by atoms with van der Waals surface area (Å²) in [6, 6.07) is 5.69. The number of halogens is 1. The first-order valence-electron chi connectivity index (χ1n) is 4.03. The van der Waals surface area contributed by atoms with Crippen LogP contribution in [0.5, 0.6) is 5.75 Å². The Labute approximate surface area is 86.8 Å². The fourth-order valence-electron chi connectivity index (χ4n) is 0.668. The number of nitroso groups, excluding NO2 is 1. The summed E-state index contributed by atoms with van der Waals surface area (Å²) in [6.07, 6.45) is 0. The summed E-state index contributed by atoms with van der Waals surface area (Å²) in [5, 5.41) is 2.67. The van der Waals surface area contributed by atoms with Crippen molar-refractivity contribution in [1.82, 2.24) is 0 Å². The number of benzene rings is 1. The van der Waals surface area contributed by atoms with Crippen LogP contribution in [-0.4, -0.2) is 5.43 Å². The molecule has 1 rings (SSSR count). The molecule has 1 aromatic rings. The average molecular weight is 216 g/mol. The highest BCUT2D eigenvalue weighted by atomic mass is 35.5. The van der Waals surface area contributed by atoms with E-state index in [-0.39, 0.29) is 11.4 Å². The first-order valence-corrected chi connectivity index (χ1v) is 4.41. The lowest BCUT2D eigenvalue weighted by atomic mass is 10.3. The van der Waals surface area contributed by atoms with Crippen molar-refractivity contribution >= 4 is 22.7 Å². The van der Waals surface area contributed by atoms with Gasteiger partial charge in [0.15, 0.2) is 0 Å². The maximum Gasteiger partial charge on any atom is 0.409 e. The third-order valence-corrected chi connectivity index (χ3v) is 1.22. The van der Waals surface area contributed by atoms with Gasteiger partial charge in [0, 0.05) is 11.6 Å². The van der Waals surface area contributed by atoms with Crippen molar-refractivity contribution in [1.29, 1.82) is 0 Å². The molecule has 0 saturated heterocycles. The number of nitrogens with zero attached hydrogens (tertiary/aromatic N) is 1. The van der Waals surface area contributed by atoms with Crippen LogP contribution < -0.4 is 4.74 Å². The zero-order valence-corrected chi connectivity index (χ0v) is 8.62. The maximum atomic E-state index is 10.2. The number of hydrogen-bond acceptors (Lipinski definition) is 4. The van der Waals surface area contributed by atoms with Crippen LogP contribution in [0, 0.1) is 4.91 Å². The highest BCUT2D eigenvalue weighted by Gasteiger charge is 1.98. The molecule has 0 saturated carbocycles. The maximum absolute atomic E-state index is 10.2. The molecule has 0 heterocycles. The zero-order chi connectivity index (χ0) is 11.0. The molecular weight excluding hydrogens is 206 g/mol. The van der Waals surface area contributed by atoms with E-state index in [1.54, 1.807) is 0 Å². The van der Waals surface area contributed by atoms with Crippen molar-refractivity contribution in [2.24, 2.45) is 5.18 Å². The van der Waals surface area contributed by atoms with E-state index in [4.69, 9.17) is 11.6 Å². The fraction of sp³-hybridized carbons (Fsp3) is 0.222. The van der Waals surface area contributed by atoms with Gasteiger partial charge in [0.2, 0.25) is 0 Å². The molecule has 5 heteroatoms. The summed E-state index contributed by atoms with van der Waals surface area (Å²) in [5.74, 6) is 0.280. The minimum Gasteiger partial charge on any atom is -0.415 e. The second kappa shape index (κ2) is 7.03. The van der Waals surface area contributed by atoms with Gasteiger partial charge in [-0.25, -0.2) is 4.79 Å². The highest BCUT2D eigenvalue weighted by molar-refractivity contribution is 6.61. The Morgan fingerprint density at radius 2 is 1.79 bits per heavy atom. The summed E-state index contributed by atoms with van der Waals surface area (Å²) in [7, 11) is 0. The van der Waals surface area contributed by atoms with Crippen molar-refractivity contribution in [2.45, 2.75) is 13.8 Å². The predicted octanol–water partition coefficient (Wildman–Crippen LogP) is 3.85. The van der Waals surface area contributed by atoms with E-state index in [1.807, 2.05) is 13.8 Å². The first kappa shape index (κ1) is 12.6. The van der Waals surface area contributed by atoms with Crippen LogP contribution in [0.4, 0.5) is 10.5 Å². The van der Waals surface area contributed by atoms with Gasteiger partial charge >= 0.3 is 5.43 Å². The molecule has 0 aliphatic carbocycles. The summed E-state index contributed by atoms with van der Waals surface area (Å²) < 4.78 is 4.50. The number of rotatable bonds is 2. The molecule has 4 nitrogen and oxygen atoms in total. The quantitative estimate of drug-likeness (QED) is 0.556. The molecule has 0 spiro atoms. The number of ether oxygens (including phenoxy) is 1. The van der Waals surface area contributed by atoms with Gasteiger partial charge < -0.3 is 4.74 Å². The normalized spacial score (nSPS) is 8.21. The van der Waals surface area contributed by atoms with Crippen LogP contribution in [0.2, 0.25) is 0 Å². The fourth-order valence-corrected chi connectivity index (χ4v) is 0.757. The lowest BCUT2D eigenvalue weighted by Crippen LogP contribution is -1.94. The minimum atomic E-state index is -0.915. The van der Waals surface area contributed by atoms with E-state index < -0.39 is 5.43 Å². The Bertz CT molecular complexity index is 297.